The van der Waals surface area contributed by atoms with Gasteiger partial charge >= 0.3 is 0 Å². The molecule has 0 aliphatic heterocycles. The second kappa shape index (κ2) is 5.80. The van der Waals surface area contributed by atoms with E-state index >= 15 is 0 Å². The predicted molar refractivity (Wildman–Crippen MR) is 85.7 cm³/mol. The Labute approximate surface area is 126 Å². The van der Waals surface area contributed by atoms with Crippen LogP contribution in [0.2, 0.25) is 5.02 Å². The van der Waals surface area contributed by atoms with Crippen molar-refractivity contribution in [3.8, 4) is 0 Å². The average molecular weight is 309 g/mol. The van der Waals surface area contributed by atoms with E-state index in [0.29, 0.717) is 21.7 Å². The summed E-state index contributed by atoms with van der Waals surface area (Å²) in [6.07, 6.45) is 6.11. The van der Waals surface area contributed by atoms with Crippen LogP contribution in [0, 0.1) is 0 Å². The molecule has 20 heavy (non-hydrogen) atoms. The van der Waals surface area contributed by atoms with E-state index in [-0.39, 0.29) is 5.56 Å². The van der Waals surface area contributed by atoms with Crippen molar-refractivity contribution in [1.82, 2.24) is 4.98 Å². The lowest BCUT2D eigenvalue weighted by Crippen LogP contribution is -2.27. The zero-order valence-electron chi connectivity index (χ0n) is 11.1. The van der Waals surface area contributed by atoms with Crippen molar-refractivity contribution in [2.24, 2.45) is 5.73 Å². The van der Waals surface area contributed by atoms with Gasteiger partial charge in [0.15, 0.2) is 0 Å². The van der Waals surface area contributed by atoms with E-state index in [9.17, 15) is 4.79 Å². The lowest BCUT2D eigenvalue weighted by Gasteiger charge is -2.25. The van der Waals surface area contributed by atoms with Crippen LogP contribution in [0.25, 0.3) is 10.8 Å². The number of hydrogen-bond donors (Lipinski definition) is 2. The van der Waals surface area contributed by atoms with E-state index in [0.717, 1.165) is 36.0 Å². The molecule has 0 bridgehead atoms. The first-order valence-electron chi connectivity index (χ1n) is 6.86. The minimum Gasteiger partial charge on any atom is -0.329 e. The molecule has 1 aromatic carbocycles. The Balaban J connectivity index is 1.88. The predicted octanol–water partition coefficient (Wildman–Crippen LogP) is 3.54. The standard InChI is InChI=1S/C15H17ClN2OS/c16-13-8-12-9(5-6-18-15(12)19)7-14(13)20-11-3-1-10(17)2-4-11/h5-8,10-11H,1-4,17H2,(H,18,19)/t10-,11+. The smallest absolute Gasteiger partial charge is 0.255 e. The van der Waals surface area contributed by atoms with Gasteiger partial charge in [0.2, 0.25) is 0 Å². The molecular formula is C15H17ClN2OS. The number of rotatable bonds is 2. The zero-order valence-corrected chi connectivity index (χ0v) is 12.6. The van der Waals surface area contributed by atoms with Crippen LogP contribution in [0.15, 0.2) is 34.1 Å². The van der Waals surface area contributed by atoms with Crippen molar-refractivity contribution in [1.29, 1.82) is 0 Å². The van der Waals surface area contributed by atoms with Crippen molar-refractivity contribution in [2.75, 3.05) is 0 Å². The highest BCUT2D eigenvalue weighted by atomic mass is 35.5. The summed E-state index contributed by atoms with van der Waals surface area (Å²) in [4.78, 5) is 15.5. The molecule has 3 rings (SSSR count). The fraction of sp³-hybridized carbons (Fsp3) is 0.400. The fourth-order valence-corrected chi connectivity index (χ4v) is 4.20. The third-order valence-electron chi connectivity index (χ3n) is 3.84. The van der Waals surface area contributed by atoms with Crippen molar-refractivity contribution in [3.63, 3.8) is 0 Å². The first-order chi connectivity index (χ1) is 9.63. The number of halogens is 1. The molecule has 1 heterocycles. The van der Waals surface area contributed by atoms with Crippen molar-refractivity contribution < 1.29 is 0 Å². The van der Waals surface area contributed by atoms with E-state index in [1.807, 2.05) is 23.9 Å². The van der Waals surface area contributed by atoms with Crippen LogP contribution < -0.4 is 11.3 Å². The number of pyridine rings is 1. The second-order valence-electron chi connectivity index (χ2n) is 5.33. The maximum atomic E-state index is 11.7. The molecule has 1 saturated carbocycles. The number of nitrogens with two attached hydrogens (primary N) is 1. The van der Waals surface area contributed by atoms with E-state index in [4.69, 9.17) is 17.3 Å². The van der Waals surface area contributed by atoms with Crippen molar-refractivity contribution in [3.05, 3.63) is 39.8 Å². The monoisotopic (exact) mass is 308 g/mol. The molecule has 0 spiro atoms. The highest BCUT2D eigenvalue weighted by Gasteiger charge is 2.20. The molecule has 3 N–H and O–H groups in total. The van der Waals surface area contributed by atoms with Crippen LogP contribution in [0.1, 0.15) is 25.7 Å². The van der Waals surface area contributed by atoms with E-state index in [1.165, 1.54) is 0 Å². The number of nitrogens with one attached hydrogen (secondary N) is 1. The summed E-state index contributed by atoms with van der Waals surface area (Å²) in [5, 5.41) is 2.82. The van der Waals surface area contributed by atoms with E-state index in [2.05, 4.69) is 4.98 Å². The Morgan fingerprint density at radius 1 is 1.25 bits per heavy atom. The first kappa shape index (κ1) is 14.0. The molecule has 5 heteroatoms. The number of benzene rings is 1. The molecule has 0 radical (unpaired) electrons. The number of thioether (sulfide) groups is 1. The number of aromatic amines is 1. The van der Waals surface area contributed by atoms with Gasteiger partial charge in [-0.2, -0.15) is 0 Å². The quantitative estimate of drug-likeness (QED) is 0.892. The van der Waals surface area contributed by atoms with E-state index < -0.39 is 0 Å². The fourth-order valence-electron chi connectivity index (χ4n) is 2.66. The van der Waals surface area contributed by atoms with Gasteiger partial charge in [0.05, 0.1) is 5.02 Å². The van der Waals surface area contributed by atoms with E-state index in [1.54, 1.807) is 12.3 Å². The molecule has 0 amide bonds. The van der Waals surface area contributed by atoms with Crippen LogP contribution in [0.3, 0.4) is 0 Å². The van der Waals surface area contributed by atoms with Gasteiger partial charge < -0.3 is 10.7 Å². The third kappa shape index (κ3) is 2.87. The summed E-state index contributed by atoms with van der Waals surface area (Å²) in [5.41, 5.74) is 5.84. The molecule has 106 valence electrons. The number of fused-ring (bicyclic) bond motifs is 1. The van der Waals surface area contributed by atoms with Crippen LogP contribution in [-0.4, -0.2) is 16.3 Å². The molecule has 1 fully saturated rings. The third-order valence-corrected chi connectivity index (χ3v) is 5.66. The Hall–Kier alpha value is -0.970. The van der Waals surface area contributed by atoms with Gasteiger partial charge in [0.25, 0.3) is 5.56 Å². The molecule has 3 nitrogen and oxygen atoms in total. The number of hydrogen-bond acceptors (Lipinski definition) is 3. The molecule has 0 saturated heterocycles. The summed E-state index contributed by atoms with van der Waals surface area (Å²) >= 11 is 8.14. The minimum atomic E-state index is -0.0930. The Kier molecular flexibility index (Phi) is 4.06. The average Bonchev–Trinajstić information content (AvgIpc) is 2.43. The summed E-state index contributed by atoms with van der Waals surface area (Å²) in [6, 6.07) is 6.06. The summed E-state index contributed by atoms with van der Waals surface area (Å²) in [5.74, 6) is 0. The van der Waals surface area contributed by atoms with Gasteiger partial charge in [-0.05, 0) is 49.3 Å². The van der Waals surface area contributed by atoms with Crippen LogP contribution in [0.5, 0.6) is 0 Å². The van der Waals surface area contributed by atoms with Crippen LogP contribution in [-0.2, 0) is 0 Å². The van der Waals surface area contributed by atoms with Crippen molar-refractivity contribution in [2.45, 2.75) is 41.9 Å². The zero-order chi connectivity index (χ0) is 14.1. The van der Waals surface area contributed by atoms with Crippen LogP contribution in [0.4, 0.5) is 0 Å². The summed E-state index contributed by atoms with van der Waals surface area (Å²) < 4.78 is 0. The van der Waals surface area contributed by atoms with Crippen LogP contribution >= 0.6 is 23.4 Å². The highest BCUT2D eigenvalue weighted by Crippen LogP contribution is 2.38. The maximum absolute atomic E-state index is 11.7. The molecule has 1 aliphatic rings. The van der Waals surface area contributed by atoms with Gasteiger partial charge in [0, 0.05) is 27.8 Å². The second-order valence-corrected chi connectivity index (χ2v) is 7.08. The molecule has 1 aliphatic carbocycles. The Morgan fingerprint density at radius 2 is 2.00 bits per heavy atom. The van der Waals surface area contributed by atoms with Gasteiger partial charge in [-0.25, -0.2) is 0 Å². The Morgan fingerprint density at radius 3 is 2.75 bits per heavy atom. The highest BCUT2D eigenvalue weighted by molar-refractivity contribution is 8.00. The number of aromatic nitrogens is 1. The number of H-pyrrole nitrogens is 1. The normalized spacial score (nSPS) is 23.1. The lowest BCUT2D eigenvalue weighted by atomic mass is 9.96. The molecular weight excluding hydrogens is 292 g/mol. The minimum absolute atomic E-state index is 0.0930. The van der Waals surface area contributed by atoms with Gasteiger partial charge in [-0.15, -0.1) is 11.8 Å². The van der Waals surface area contributed by atoms with Gasteiger partial charge in [0.1, 0.15) is 0 Å². The topological polar surface area (TPSA) is 58.9 Å². The Bertz CT molecular complexity index is 677. The molecule has 2 aromatic rings. The van der Waals surface area contributed by atoms with Crippen molar-refractivity contribution >= 4 is 34.1 Å². The van der Waals surface area contributed by atoms with Gasteiger partial charge in [-0.3, -0.25) is 4.79 Å². The molecule has 1 aromatic heterocycles. The summed E-state index contributed by atoms with van der Waals surface area (Å²) in [7, 11) is 0. The maximum Gasteiger partial charge on any atom is 0.255 e. The SMILES string of the molecule is N[C@H]1CC[C@@H](Sc2cc3cc[nH]c(=O)c3cc2Cl)CC1. The lowest BCUT2D eigenvalue weighted by molar-refractivity contribution is 0.451. The largest absolute Gasteiger partial charge is 0.329 e. The first-order valence-corrected chi connectivity index (χ1v) is 8.12. The summed E-state index contributed by atoms with van der Waals surface area (Å²) in [6.45, 7) is 0. The van der Waals surface area contributed by atoms with Gasteiger partial charge in [-0.1, -0.05) is 11.6 Å². The molecule has 0 unspecified atom stereocenters. The molecule has 0 atom stereocenters.